The van der Waals surface area contributed by atoms with Crippen molar-refractivity contribution >= 4 is 0 Å². The minimum Gasteiger partial charge on any atom is -0.510 e. The van der Waals surface area contributed by atoms with E-state index in [9.17, 15) is 20.4 Å². The maximum absolute atomic E-state index is 9.36. The number of allylic oxidation sites excluding steroid dienone is 1. The second kappa shape index (κ2) is 6.04. The molecule has 0 aliphatic heterocycles. The van der Waals surface area contributed by atoms with Crippen molar-refractivity contribution in [2.75, 3.05) is 6.61 Å². The summed E-state index contributed by atoms with van der Waals surface area (Å²) in [4.78, 5) is 0. The minimum absolute atomic E-state index is 0.382. The summed E-state index contributed by atoms with van der Waals surface area (Å²) < 4.78 is 0. The number of rotatable bonds is 5. The third kappa shape index (κ3) is 3.77. The molecule has 6 N–H and O–H groups in total. The van der Waals surface area contributed by atoms with Crippen molar-refractivity contribution in [1.29, 1.82) is 0 Å². The highest BCUT2D eigenvalue weighted by atomic mass is 16.4. The lowest BCUT2D eigenvalue weighted by molar-refractivity contribution is -0.113. The van der Waals surface area contributed by atoms with Gasteiger partial charge in [0.15, 0.2) is 0 Å². The maximum atomic E-state index is 9.36. The molecule has 0 aromatic carbocycles. The van der Waals surface area contributed by atoms with Gasteiger partial charge in [-0.3, -0.25) is 0 Å². The molecular weight excluding hydrogens is 204 g/mol. The van der Waals surface area contributed by atoms with Gasteiger partial charge in [0.05, 0.1) is 6.61 Å². The van der Waals surface area contributed by atoms with Gasteiger partial charge in [-0.05, 0) is 19.4 Å². The number of hydrogen-bond donors (Lipinski definition) is 6. The first-order valence-corrected chi connectivity index (χ1v) is 4.52. The van der Waals surface area contributed by atoms with Gasteiger partial charge in [-0.15, -0.1) is 0 Å². The van der Waals surface area contributed by atoms with Gasteiger partial charge in [-0.2, -0.15) is 0 Å². The van der Waals surface area contributed by atoms with Crippen molar-refractivity contribution in [2.24, 2.45) is 0 Å². The molecule has 6 nitrogen and oxygen atoms in total. The van der Waals surface area contributed by atoms with Gasteiger partial charge >= 0.3 is 0 Å². The van der Waals surface area contributed by atoms with E-state index < -0.39 is 36.8 Å². The third-order valence-corrected chi connectivity index (χ3v) is 2.05. The Hall–Kier alpha value is -0.660. The van der Waals surface area contributed by atoms with Crippen molar-refractivity contribution in [2.45, 2.75) is 38.3 Å². The van der Waals surface area contributed by atoms with Crippen molar-refractivity contribution in [3.63, 3.8) is 0 Å². The smallest absolute Gasteiger partial charge is 0.139 e. The Morgan fingerprint density at radius 1 is 1.00 bits per heavy atom. The van der Waals surface area contributed by atoms with Crippen LogP contribution in [0.4, 0.5) is 0 Å². The van der Waals surface area contributed by atoms with Crippen LogP contribution in [0.2, 0.25) is 0 Å². The lowest BCUT2D eigenvalue weighted by Crippen LogP contribution is -2.46. The molecule has 0 spiro atoms. The van der Waals surface area contributed by atoms with Gasteiger partial charge in [0.25, 0.3) is 0 Å². The molecule has 6 heteroatoms. The van der Waals surface area contributed by atoms with Gasteiger partial charge < -0.3 is 30.6 Å². The van der Waals surface area contributed by atoms with Crippen LogP contribution in [0.1, 0.15) is 13.8 Å². The molecule has 90 valence electrons. The fourth-order valence-electron chi connectivity index (χ4n) is 0.980. The standard InChI is InChI=1S/C9H18O6/c1-4(2)6(12)8(14)9(15)7(13)5(11)3-10/h5,7-15H,3H2,1-2H3/t5-,7-,8+,9+/m1/s1. The average Bonchev–Trinajstić information content (AvgIpc) is 2.23. The zero-order valence-electron chi connectivity index (χ0n) is 8.70. The summed E-state index contributed by atoms with van der Waals surface area (Å²) in [5.74, 6) is -0.466. The summed E-state index contributed by atoms with van der Waals surface area (Å²) in [6, 6.07) is 0. The fraction of sp³-hybridized carbons (Fsp3) is 0.778. The van der Waals surface area contributed by atoms with Crippen molar-refractivity contribution in [3.8, 4) is 0 Å². The van der Waals surface area contributed by atoms with Gasteiger partial charge in [0, 0.05) is 0 Å². The normalized spacial score (nSPS) is 19.1. The van der Waals surface area contributed by atoms with Gasteiger partial charge in [-0.1, -0.05) is 0 Å². The molecular formula is C9H18O6. The first-order valence-electron chi connectivity index (χ1n) is 4.52. The van der Waals surface area contributed by atoms with E-state index in [1.165, 1.54) is 13.8 Å². The largest absolute Gasteiger partial charge is 0.510 e. The highest BCUT2D eigenvalue weighted by Gasteiger charge is 2.32. The Balaban J connectivity index is 4.58. The second-order valence-electron chi connectivity index (χ2n) is 3.56. The first kappa shape index (κ1) is 14.3. The summed E-state index contributed by atoms with van der Waals surface area (Å²) in [5.41, 5.74) is 0.382. The van der Waals surface area contributed by atoms with E-state index in [2.05, 4.69) is 0 Å². The SMILES string of the molecule is CC(C)=C(O)[C@H](O)[C@@H](O)[C@H](O)[C@H](O)CO. The molecule has 0 rings (SSSR count). The van der Waals surface area contributed by atoms with E-state index in [1.807, 2.05) is 0 Å². The summed E-state index contributed by atoms with van der Waals surface area (Å²) >= 11 is 0. The minimum atomic E-state index is -1.76. The van der Waals surface area contributed by atoms with E-state index in [4.69, 9.17) is 10.2 Å². The lowest BCUT2D eigenvalue weighted by atomic mass is 10.0. The Bertz CT molecular complexity index is 223. The molecule has 0 aliphatic rings. The molecule has 15 heavy (non-hydrogen) atoms. The van der Waals surface area contributed by atoms with E-state index in [0.717, 1.165) is 0 Å². The highest BCUT2D eigenvalue weighted by molar-refractivity contribution is 5.09. The zero-order chi connectivity index (χ0) is 12.2. The fourth-order valence-corrected chi connectivity index (χ4v) is 0.980. The van der Waals surface area contributed by atoms with Crippen LogP contribution in [-0.4, -0.2) is 61.7 Å². The Kier molecular flexibility index (Phi) is 5.77. The summed E-state index contributed by atoms with van der Waals surface area (Å²) in [6.07, 6.45) is -6.75. The number of aliphatic hydroxyl groups excluding tert-OH is 6. The van der Waals surface area contributed by atoms with E-state index in [0.29, 0.717) is 5.57 Å². The van der Waals surface area contributed by atoms with E-state index >= 15 is 0 Å². The van der Waals surface area contributed by atoms with Crippen molar-refractivity contribution < 1.29 is 30.6 Å². The van der Waals surface area contributed by atoms with Gasteiger partial charge in [-0.25, -0.2) is 0 Å². The summed E-state index contributed by atoms with van der Waals surface area (Å²) in [5, 5.41) is 54.7. The Morgan fingerprint density at radius 2 is 1.47 bits per heavy atom. The number of aliphatic hydroxyl groups is 6. The van der Waals surface area contributed by atoms with Crippen LogP contribution in [0.25, 0.3) is 0 Å². The molecule has 0 aromatic heterocycles. The highest BCUT2D eigenvalue weighted by Crippen LogP contribution is 2.13. The van der Waals surface area contributed by atoms with Crippen LogP contribution >= 0.6 is 0 Å². The lowest BCUT2D eigenvalue weighted by Gasteiger charge is -2.25. The molecule has 0 saturated carbocycles. The molecule has 0 unspecified atom stereocenters. The van der Waals surface area contributed by atoms with E-state index in [1.54, 1.807) is 0 Å². The van der Waals surface area contributed by atoms with Crippen molar-refractivity contribution in [3.05, 3.63) is 11.3 Å². The topological polar surface area (TPSA) is 121 Å². The molecule has 4 atom stereocenters. The van der Waals surface area contributed by atoms with Crippen LogP contribution in [0.15, 0.2) is 11.3 Å². The van der Waals surface area contributed by atoms with Crippen molar-refractivity contribution in [1.82, 2.24) is 0 Å². The average molecular weight is 222 g/mol. The van der Waals surface area contributed by atoms with E-state index in [-0.39, 0.29) is 0 Å². The molecule has 0 bridgehead atoms. The van der Waals surface area contributed by atoms with Gasteiger partial charge in [0.1, 0.15) is 30.2 Å². The molecule has 0 amide bonds. The van der Waals surface area contributed by atoms with Crippen LogP contribution in [0.3, 0.4) is 0 Å². The van der Waals surface area contributed by atoms with Crippen LogP contribution < -0.4 is 0 Å². The number of hydrogen-bond acceptors (Lipinski definition) is 6. The molecule has 0 aliphatic carbocycles. The molecule has 0 heterocycles. The van der Waals surface area contributed by atoms with Crippen LogP contribution in [0, 0.1) is 0 Å². The molecule has 0 aromatic rings. The summed E-state index contributed by atoms with van der Waals surface area (Å²) in [7, 11) is 0. The van der Waals surface area contributed by atoms with Crippen LogP contribution in [-0.2, 0) is 0 Å². The Morgan fingerprint density at radius 3 is 1.80 bits per heavy atom. The zero-order valence-corrected chi connectivity index (χ0v) is 8.70. The monoisotopic (exact) mass is 222 g/mol. The quantitative estimate of drug-likeness (QED) is 0.308. The van der Waals surface area contributed by atoms with Crippen LogP contribution in [0.5, 0.6) is 0 Å². The predicted octanol–water partition coefficient (Wildman–Crippen LogP) is -1.73. The maximum Gasteiger partial charge on any atom is 0.139 e. The third-order valence-electron chi connectivity index (χ3n) is 2.05. The predicted molar refractivity (Wildman–Crippen MR) is 52.1 cm³/mol. The molecule has 0 fully saturated rings. The second-order valence-corrected chi connectivity index (χ2v) is 3.56. The molecule has 0 radical (unpaired) electrons. The Labute approximate surface area is 87.7 Å². The van der Waals surface area contributed by atoms with Gasteiger partial charge in [0.2, 0.25) is 0 Å². The molecule has 0 saturated heterocycles. The first-order chi connectivity index (χ1) is 6.82. The summed E-state index contributed by atoms with van der Waals surface area (Å²) in [6.45, 7) is 2.28.